The van der Waals surface area contributed by atoms with Gasteiger partial charge in [0.25, 0.3) is 0 Å². The number of carbonyl (C=O) groups is 1. The largest absolute Gasteiger partial charge is 1.00 e. The second-order valence-electron chi connectivity index (χ2n) is 2.32. The summed E-state index contributed by atoms with van der Waals surface area (Å²) in [4.78, 5) is 11.1. The Balaban J connectivity index is 0.00000169. The van der Waals surface area contributed by atoms with Crippen molar-refractivity contribution in [3.05, 3.63) is 35.9 Å². The van der Waals surface area contributed by atoms with Crippen molar-refractivity contribution in [2.24, 2.45) is 0 Å². The summed E-state index contributed by atoms with van der Waals surface area (Å²) >= 11 is 0. The minimum Gasteiger partial charge on any atom is -0.790 e. The number of aliphatic hydroxyl groups excluding tert-OH is 1. The predicted octanol–water partition coefficient (Wildman–Crippen LogP) is -2.71. The maximum Gasteiger partial charge on any atom is 1.00 e. The molecule has 0 aliphatic carbocycles. The summed E-state index contributed by atoms with van der Waals surface area (Å²) in [6, 6.07) is 5.43. The van der Waals surface area contributed by atoms with E-state index in [0.717, 1.165) is 0 Å². The fourth-order valence-electron chi connectivity index (χ4n) is 0.808. The maximum atomic E-state index is 11.1. The van der Waals surface area contributed by atoms with E-state index in [2.05, 4.69) is 0 Å². The second-order valence-corrected chi connectivity index (χ2v) is 3.82. The van der Waals surface area contributed by atoms with Crippen LogP contribution >= 0.6 is 7.80 Å². The van der Waals surface area contributed by atoms with Crippen molar-refractivity contribution >= 4 is 13.3 Å². The van der Waals surface area contributed by atoms with E-state index in [1.54, 1.807) is 18.2 Å². The van der Waals surface area contributed by atoms with Crippen LogP contribution in [0.1, 0.15) is 10.4 Å². The van der Waals surface area contributed by atoms with Crippen molar-refractivity contribution in [3.8, 4) is 0 Å². The zero-order valence-electron chi connectivity index (χ0n) is 7.58. The number of rotatable bonds is 3. The van der Waals surface area contributed by atoms with Crippen molar-refractivity contribution in [2.45, 2.75) is 6.03 Å². The van der Waals surface area contributed by atoms with Crippen LogP contribution in [-0.2, 0) is 4.57 Å². The molecule has 2 unspecified atom stereocenters. The molecule has 4 nitrogen and oxygen atoms in total. The molecule has 0 aromatic heterocycles. The van der Waals surface area contributed by atoms with Crippen LogP contribution in [0.5, 0.6) is 0 Å². The van der Waals surface area contributed by atoms with Crippen molar-refractivity contribution in [1.29, 1.82) is 0 Å². The second kappa shape index (κ2) is 6.40. The standard InChI is InChI=1S/C8H7O4P.Na/c9-7(13(12)8(10)11)6-4-2-1-3-5-6;/h1-5,8,10H;/q;+1. The zero-order chi connectivity index (χ0) is 9.84. The molecule has 0 spiro atoms. The predicted molar refractivity (Wildman–Crippen MR) is 44.4 cm³/mol. The molecule has 0 amide bonds. The molecule has 0 aliphatic heterocycles. The molecule has 68 valence electrons. The fraction of sp³-hybridized carbons (Fsp3) is 0.125. The quantitative estimate of drug-likeness (QED) is 0.342. The van der Waals surface area contributed by atoms with E-state index in [1.165, 1.54) is 12.1 Å². The van der Waals surface area contributed by atoms with Crippen LogP contribution in [0, 0.1) is 0 Å². The Morgan fingerprint density at radius 1 is 1.36 bits per heavy atom. The van der Waals surface area contributed by atoms with Crippen LogP contribution in [0.2, 0.25) is 0 Å². The third kappa shape index (κ3) is 3.58. The van der Waals surface area contributed by atoms with Gasteiger partial charge in [0.15, 0.2) is 6.03 Å². The van der Waals surface area contributed by atoms with Crippen LogP contribution in [-0.4, -0.2) is 16.7 Å². The molecule has 0 bridgehead atoms. The number of carbonyl (C=O) groups excluding carboxylic acids is 1. The molecule has 0 radical (unpaired) electrons. The van der Waals surface area contributed by atoms with Gasteiger partial charge >= 0.3 is 42.9 Å². The van der Waals surface area contributed by atoms with Crippen LogP contribution in [0.4, 0.5) is 0 Å². The fourth-order valence-corrected chi connectivity index (χ4v) is 1.41. The molecule has 0 aliphatic rings. The van der Waals surface area contributed by atoms with Crippen molar-refractivity contribution in [3.63, 3.8) is 0 Å². The van der Waals surface area contributed by atoms with E-state index in [9.17, 15) is 14.5 Å². The number of hydrogen-bond acceptors (Lipinski definition) is 4. The first-order chi connectivity index (χ1) is 6.13. The first-order valence-corrected chi connectivity index (χ1v) is 4.85. The molecule has 1 N–H and O–H groups in total. The Morgan fingerprint density at radius 3 is 2.29 bits per heavy atom. The summed E-state index contributed by atoms with van der Waals surface area (Å²) in [6.45, 7) is 0. The van der Waals surface area contributed by atoms with Crippen molar-refractivity contribution in [2.75, 3.05) is 0 Å². The van der Waals surface area contributed by atoms with Crippen LogP contribution in [0.15, 0.2) is 30.3 Å². The van der Waals surface area contributed by atoms with Gasteiger partial charge < -0.3 is 10.2 Å². The molecule has 14 heavy (non-hydrogen) atoms. The third-order valence-electron chi connectivity index (χ3n) is 1.42. The Hall–Kier alpha value is -0.0900. The minimum absolute atomic E-state index is 0. The van der Waals surface area contributed by atoms with Gasteiger partial charge in [-0.2, -0.15) is 0 Å². The van der Waals surface area contributed by atoms with Gasteiger partial charge in [-0.25, -0.2) is 4.79 Å². The van der Waals surface area contributed by atoms with Gasteiger partial charge in [0.05, 0.1) is 5.56 Å². The summed E-state index contributed by atoms with van der Waals surface area (Å²) in [5, 5.41) is 18.7. The topological polar surface area (TPSA) is 77.4 Å². The summed E-state index contributed by atoms with van der Waals surface area (Å²) in [5.41, 5.74) is -0.628. The maximum absolute atomic E-state index is 11.1. The SMILES string of the molecule is O=C(c1ccccc1)[P+](=O)C([O-])O.[Na+]. The number of hydrogen-bond donors (Lipinski definition) is 1. The molecule has 1 aromatic carbocycles. The Kier molecular flexibility index (Phi) is 6.36. The average molecular weight is 221 g/mol. The summed E-state index contributed by atoms with van der Waals surface area (Å²) in [7, 11) is -2.77. The van der Waals surface area contributed by atoms with E-state index in [1.807, 2.05) is 0 Å². The van der Waals surface area contributed by atoms with Gasteiger partial charge in [-0.05, 0) is 12.1 Å². The molecular weight excluding hydrogens is 214 g/mol. The Bertz CT molecular complexity index is 325. The number of benzene rings is 1. The normalized spacial score (nSPS) is 12.6. The molecular formula is C8H7NaO4P+. The summed E-state index contributed by atoms with van der Waals surface area (Å²) in [6.07, 6.45) is 0. The Morgan fingerprint density at radius 2 is 1.86 bits per heavy atom. The molecule has 1 rings (SSSR count). The molecule has 0 saturated carbocycles. The number of aliphatic hydroxyl groups is 1. The molecule has 0 saturated heterocycles. The summed E-state index contributed by atoms with van der Waals surface area (Å²) < 4.78 is 10.9. The summed E-state index contributed by atoms with van der Waals surface area (Å²) in [5.74, 6) is 0. The molecule has 2 atom stereocenters. The van der Waals surface area contributed by atoms with Crippen LogP contribution in [0.3, 0.4) is 0 Å². The average Bonchev–Trinajstić information content (AvgIpc) is 2.17. The van der Waals surface area contributed by atoms with Gasteiger partial charge in [0.2, 0.25) is 0 Å². The van der Waals surface area contributed by atoms with E-state index in [-0.39, 0.29) is 35.1 Å². The van der Waals surface area contributed by atoms with E-state index < -0.39 is 19.4 Å². The van der Waals surface area contributed by atoms with Crippen LogP contribution < -0.4 is 34.7 Å². The van der Waals surface area contributed by atoms with Crippen molar-refractivity contribution in [1.82, 2.24) is 0 Å². The van der Waals surface area contributed by atoms with E-state index in [0.29, 0.717) is 0 Å². The van der Waals surface area contributed by atoms with Gasteiger partial charge in [-0.3, -0.25) is 0 Å². The first kappa shape index (κ1) is 13.9. The molecule has 0 fully saturated rings. The van der Waals surface area contributed by atoms with Gasteiger partial charge in [-0.15, -0.1) is 0 Å². The first-order valence-electron chi connectivity index (χ1n) is 3.52. The zero-order valence-corrected chi connectivity index (χ0v) is 10.5. The monoisotopic (exact) mass is 221 g/mol. The smallest absolute Gasteiger partial charge is 0.790 e. The molecule has 6 heteroatoms. The van der Waals surface area contributed by atoms with E-state index >= 15 is 0 Å². The molecule has 1 aromatic rings. The van der Waals surface area contributed by atoms with Gasteiger partial charge in [0.1, 0.15) is 0 Å². The van der Waals surface area contributed by atoms with Crippen LogP contribution in [0.25, 0.3) is 0 Å². The Labute approximate surface area is 104 Å². The molecule has 0 heterocycles. The third-order valence-corrected chi connectivity index (χ3v) is 2.48. The van der Waals surface area contributed by atoms with Crippen molar-refractivity contribution < 1.29 is 49.1 Å². The van der Waals surface area contributed by atoms with E-state index in [4.69, 9.17) is 5.11 Å². The minimum atomic E-state index is -2.77. The van der Waals surface area contributed by atoms with Gasteiger partial charge in [-0.1, -0.05) is 22.8 Å². The van der Waals surface area contributed by atoms with Gasteiger partial charge in [0, 0.05) is 0 Å².